The molecule has 0 aliphatic carbocycles. The number of pyridine rings is 1. The van der Waals surface area contributed by atoms with E-state index >= 15 is 0 Å². The normalized spacial score (nSPS) is 19.1. The largest absolute Gasteiger partial charge is 0.466 e. The Morgan fingerprint density at radius 2 is 2.03 bits per heavy atom. The fraction of sp³-hybridized carbons (Fsp3) is 0.400. The third-order valence-electron chi connectivity index (χ3n) is 5.07. The molecule has 0 saturated carbocycles. The van der Waals surface area contributed by atoms with Crippen LogP contribution in [0, 0.1) is 16.0 Å². The molecule has 0 bridgehead atoms. The maximum atomic E-state index is 12.7. The number of nitrogens with one attached hydrogen (secondary N) is 1. The first-order valence-electron chi connectivity index (χ1n) is 9.87. The molecule has 0 spiro atoms. The Bertz CT molecular complexity index is 1030. The fourth-order valence-corrected chi connectivity index (χ4v) is 4.71. The van der Waals surface area contributed by atoms with Crippen LogP contribution in [0.3, 0.4) is 0 Å². The summed E-state index contributed by atoms with van der Waals surface area (Å²) >= 11 is 0. The molecule has 1 aliphatic rings. The van der Waals surface area contributed by atoms with Gasteiger partial charge in [0.05, 0.1) is 28.5 Å². The zero-order chi connectivity index (χ0) is 22.4. The Hall–Kier alpha value is -3.05. The molecule has 10 nitrogen and oxygen atoms in total. The first-order valence-corrected chi connectivity index (χ1v) is 11.5. The monoisotopic (exact) mass is 448 g/mol. The summed E-state index contributed by atoms with van der Waals surface area (Å²) in [6.45, 7) is 2.24. The average molecular weight is 449 g/mol. The van der Waals surface area contributed by atoms with Crippen molar-refractivity contribution in [3.05, 3.63) is 58.8 Å². The van der Waals surface area contributed by atoms with E-state index in [0.717, 1.165) is 0 Å². The van der Waals surface area contributed by atoms with E-state index in [0.29, 0.717) is 6.42 Å². The smallest absolute Gasteiger partial charge is 0.311 e. The van der Waals surface area contributed by atoms with Gasteiger partial charge in [0.1, 0.15) is 5.88 Å². The first kappa shape index (κ1) is 22.6. The van der Waals surface area contributed by atoms with Crippen LogP contribution in [-0.4, -0.2) is 49.5 Å². The van der Waals surface area contributed by atoms with Crippen LogP contribution in [0.2, 0.25) is 0 Å². The minimum atomic E-state index is -3.65. The molecule has 166 valence electrons. The third kappa shape index (κ3) is 5.36. The quantitative estimate of drug-likeness (QED) is 0.366. The summed E-state index contributed by atoms with van der Waals surface area (Å²) in [5.41, 5.74) is -0.185. The SMILES string of the molecule is CCOC(=O)C1CCN(c2ncccc2[N+](=O)[O-])C(NCS(=O)(=O)c2ccccc2)C1. The van der Waals surface area contributed by atoms with Crippen LogP contribution in [0.4, 0.5) is 11.5 Å². The predicted molar refractivity (Wildman–Crippen MR) is 113 cm³/mol. The number of ether oxygens (including phenoxy) is 1. The molecule has 11 heteroatoms. The van der Waals surface area contributed by atoms with Crippen molar-refractivity contribution in [3.63, 3.8) is 0 Å². The van der Waals surface area contributed by atoms with Crippen molar-refractivity contribution < 1.29 is 22.9 Å². The van der Waals surface area contributed by atoms with Crippen LogP contribution in [0.25, 0.3) is 0 Å². The number of piperidine rings is 1. The number of aromatic nitrogens is 1. The lowest BCUT2D eigenvalue weighted by Gasteiger charge is -2.39. The molecule has 2 aromatic rings. The molecular weight excluding hydrogens is 424 g/mol. The zero-order valence-corrected chi connectivity index (χ0v) is 17.8. The highest BCUT2D eigenvalue weighted by Gasteiger charge is 2.36. The van der Waals surface area contributed by atoms with Crippen molar-refractivity contribution >= 4 is 27.3 Å². The Morgan fingerprint density at radius 3 is 2.71 bits per heavy atom. The van der Waals surface area contributed by atoms with E-state index in [2.05, 4.69) is 10.3 Å². The fourth-order valence-electron chi connectivity index (χ4n) is 3.56. The highest BCUT2D eigenvalue weighted by atomic mass is 32.2. The van der Waals surface area contributed by atoms with Crippen LogP contribution in [-0.2, 0) is 19.4 Å². The number of esters is 1. The van der Waals surface area contributed by atoms with Crippen molar-refractivity contribution in [2.45, 2.75) is 30.8 Å². The molecule has 2 heterocycles. The van der Waals surface area contributed by atoms with E-state index in [1.807, 2.05) is 0 Å². The topological polar surface area (TPSA) is 132 Å². The Balaban J connectivity index is 1.86. The number of rotatable bonds is 8. The highest BCUT2D eigenvalue weighted by Crippen LogP contribution is 2.32. The van der Waals surface area contributed by atoms with Gasteiger partial charge in [0.15, 0.2) is 9.84 Å². The number of carbonyl (C=O) groups excluding carboxylic acids is 1. The number of nitro groups is 1. The van der Waals surface area contributed by atoms with Gasteiger partial charge < -0.3 is 9.64 Å². The minimum absolute atomic E-state index is 0.129. The molecule has 1 N–H and O–H groups in total. The summed E-state index contributed by atoms with van der Waals surface area (Å²) in [5.74, 6) is -1.08. The second-order valence-electron chi connectivity index (χ2n) is 7.06. The van der Waals surface area contributed by atoms with E-state index in [9.17, 15) is 23.3 Å². The summed E-state index contributed by atoms with van der Waals surface area (Å²) in [5, 5.41) is 14.4. The lowest BCUT2D eigenvalue weighted by atomic mass is 9.94. The van der Waals surface area contributed by atoms with E-state index in [1.54, 1.807) is 30.0 Å². The molecule has 1 fully saturated rings. The first-order chi connectivity index (χ1) is 14.8. The van der Waals surface area contributed by atoms with Gasteiger partial charge in [0.2, 0.25) is 5.82 Å². The molecule has 3 rings (SSSR count). The van der Waals surface area contributed by atoms with Gasteiger partial charge in [0.25, 0.3) is 0 Å². The summed E-state index contributed by atoms with van der Waals surface area (Å²) in [6, 6.07) is 10.8. The molecule has 0 radical (unpaired) electrons. The minimum Gasteiger partial charge on any atom is -0.466 e. The van der Waals surface area contributed by atoms with Crippen molar-refractivity contribution in [2.24, 2.45) is 5.92 Å². The van der Waals surface area contributed by atoms with Crippen molar-refractivity contribution in [1.29, 1.82) is 0 Å². The van der Waals surface area contributed by atoms with Gasteiger partial charge >= 0.3 is 11.7 Å². The van der Waals surface area contributed by atoms with Crippen LogP contribution in [0.5, 0.6) is 0 Å². The van der Waals surface area contributed by atoms with Crippen molar-refractivity contribution in [2.75, 3.05) is 23.9 Å². The Morgan fingerprint density at radius 1 is 1.29 bits per heavy atom. The van der Waals surface area contributed by atoms with Gasteiger partial charge in [-0.25, -0.2) is 13.4 Å². The molecule has 2 atom stereocenters. The molecule has 31 heavy (non-hydrogen) atoms. The van der Waals surface area contributed by atoms with Gasteiger partial charge in [0, 0.05) is 18.8 Å². The molecule has 1 aromatic carbocycles. The Kier molecular flexibility index (Phi) is 7.18. The van der Waals surface area contributed by atoms with E-state index in [4.69, 9.17) is 4.74 Å². The molecule has 0 amide bonds. The maximum absolute atomic E-state index is 12.7. The van der Waals surface area contributed by atoms with Gasteiger partial charge in [-0.05, 0) is 38.0 Å². The van der Waals surface area contributed by atoms with Crippen LogP contribution >= 0.6 is 0 Å². The van der Waals surface area contributed by atoms with E-state index in [1.165, 1.54) is 30.5 Å². The summed E-state index contributed by atoms with van der Waals surface area (Å²) in [6.07, 6.45) is 1.43. The number of nitrogens with zero attached hydrogens (tertiary/aromatic N) is 3. The summed E-state index contributed by atoms with van der Waals surface area (Å²) < 4.78 is 30.5. The van der Waals surface area contributed by atoms with Crippen molar-refractivity contribution in [3.8, 4) is 0 Å². The van der Waals surface area contributed by atoms with Crippen molar-refractivity contribution in [1.82, 2.24) is 10.3 Å². The van der Waals surface area contributed by atoms with E-state index < -0.39 is 32.7 Å². The summed E-state index contributed by atoms with van der Waals surface area (Å²) in [7, 11) is -3.65. The number of carbonyl (C=O) groups is 1. The molecule has 1 aromatic heterocycles. The van der Waals surface area contributed by atoms with Gasteiger partial charge in [-0.15, -0.1) is 0 Å². The number of anilines is 1. The summed E-state index contributed by atoms with van der Waals surface area (Å²) in [4.78, 5) is 29.2. The van der Waals surface area contributed by atoms with Crippen LogP contribution in [0.1, 0.15) is 19.8 Å². The van der Waals surface area contributed by atoms with Gasteiger partial charge in [-0.2, -0.15) is 0 Å². The number of benzene rings is 1. The van der Waals surface area contributed by atoms with Gasteiger partial charge in [-0.1, -0.05) is 18.2 Å². The van der Waals surface area contributed by atoms with E-state index in [-0.39, 0.29) is 41.9 Å². The Labute approximate surface area is 180 Å². The molecule has 1 saturated heterocycles. The second kappa shape index (κ2) is 9.84. The number of sulfone groups is 1. The maximum Gasteiger partial charge on any atom is 0.311 e. The standard InChI is InChI=1S/C20H24N4O6S/c1-2-30-20(25)15-10-12-23(19-17(24(26)27)9-6-11-21-19)18(13-15)22-14-31(28,29)16-7-4-3-5-8-16/h3-9,11,15,18,22H,2,10,12-14H2,1H3. The second-order valence-corrected chi connectivity index (χ2v) is 9.05. The predicted octanol–water partition coefficient (Wildman–Crippen LogP) is 2.12. The van der Waals surface area contributed by atoms with Crippen LogP contribution < -0.4 is 10.2 Å². The lowest BCUT2D eigenvalue weighted by molar-refractivity contribution is -0.384. The highest BCUT2D eigenvalue weighted by molar-refractivity contribution is 7.91. The number of hydrogen-bond acceptors (Lipinski definition) is 9. The average Bonchev–Trinajstić information content (AvgIpc) is 2.78. The lowest BCUT2D eigenvalue weighted by Crippen LogP contribution is -2.53. The number of hydrogen-bond donors (Lipinski definition) is 1. The molecular formula is C20H24N4O6S. The third-order valence-corrected chi connectivity index (χ3v) is 6.61. The molecule has 1 aliphatic heterocycles. The van der Waals surface area contributed by atoms with Gasteiger partial charge in [-0.3, -0.25) is 20.2 Å². The van der Waals surface area contributed by atoms with Crippen LogP contribution in [0.15, 0.2) is 53.6 Å². The molecule has 2 unspecified atom stereocenters. The zero-order valence-electron chi connectivity index (χ0n) is 17.0.